The van der Waals surface area contributed by atoms with Crippen LogP contribution in [0.15, 0.2) is 30.3 Å². The van der Waals surface area contributed by atoms with E-state index in [1.807, 2.05) is 30.3 Å². The van der Waals surface area contributed by atoms with E-state index in [9.17, 15) is 9.59 Å². The summed E-state index contributed by atoms with van der Waals surface area (Å²) in [6, 6.07) is 8.85. The van der Waals surface area contributed by atoms with Gasteiger partial charge in [0.05, 0.1) is 0 Å². The van der Waals surface area contributed by atoms with Crippen LogP contribution < -0.4 is 0 Å². The van der Waals surface area contributed by atoms with Crippen LogP contribution in [0.4, 0.5) is 4.79 Å². The molecule has 1 aromatic rings. The molecule has 0 aliphatic carbocycles. The molecule has 2 rings (SSSR count). The number of benzene rings is 1. The van der Waals surface area contributed by atoms with E-state index in [4.69, 9.17) is 9.47 Å². The topological polar surface area (TPSA) is 55.8 Å². The molecular formula is C17H22BrNO4. The number of alkyl halides is 1. The maximum atomic E-state index is 12.4. The van der Waals surface area contributed by atoms with Crippen molar-refractivity contribution in [3.8, 4) is 0 Å². The average Bonchev–Trinajstić information content (AvgIpc) is 2.86. The molecule has 0 bridgehead atoms. The van der Waals surface area contributed by atoms with Gasteiger partial charge in [-0.2, -0.15) is 0 Å². The monoisotopic (exact) mass is 383 g/mol. The number of rotatable bonds is 3. The minimum atomic E-state index is -0.613. The first kappa shape index (κ1) is 17.8. The van der Waals surface area contributed by atoms with E-state index < -0.39 is 23.7 Å². The molecule has 1 aromatic carbocycles. The molecule has 0 spiro atoms. The third-order valence-corrected chi connectivity index (χ3v) is 4.04. The van der Waals surface area contributed by atoms with Gasteiger partial charge in [-0.05, 0) is 32.8 Å². The highest BCUT2D eigenvalue weighted by Gasteiger charge is 2.41. The van der Waals surface area contributed by atoms with Crippen LogP contribution in [0, 0.1) is 0 Å². The molecule has 6 heteroatoms. The largest absolute Gasteiger partial charge is 0.459 e. The lowest BCUT2D eigenvalue weighted by atomic mass is 10.2. The van der Waals surface area contributed by atoms with Crippen molar-refractivity contribution < 1.29 is 19.1 Å². The fourth-order valence-electron chi connectivity index (χ4n) is 2.36. The summed E-state index contributed by atoms with van der Waals surface area (Å²) in [5.74, 6) is -0.401. The number of likely N-dealkylation sites (tertiary alicyclic amines) is 1. The van der Waals surface area contributed by atoms with Crippen molar-refractivity contribution in [2.75, 3.05) is 6.54 Å². The second-order valence-corrected chi connectivity index (χ2v) is 7.87. The highest BCUT2D eigenvalue weighted by Crippen LogP contribution is 2.26. The Balaban J connectivity index is 1.98. The van der Waals surface area contributed by atoms with Crippen LogP contribution in [-0.2, 0) is 20.9 Å². The van der Waals surface area contributed by atoms with E-state index in [1.165, 1.54) is 4.90 Å². The molecule has 1 heterocycles. The van der Waals surface area contributed by atoms with Crippen LogP contribution in [0.2, 0.25) is 0 Å². The third-order valence-electron chi connectivity index (χ3n) is 3.37. The van der Waals surface area contributed by atoms with Gasteiger partial charge in [0.15, 0.2) is 0 Å². The molecule has 0 radical (unpaired) electrons. The van der Waals surface area contributed by atoms with E-state index in [0.717, 1.165) is 5.56 Å². The molecule has 2 atom stereocenters. The van der Waals surface area contributed by atoms with E-state index in [0.29, 0.717) is 13.0 Å². The van der Waals surface area contributed by atoms with Gasteiger partial charge in [-0.1, -0.05) is 46.3 Å². The second-order valence-electron chi connectivity index (χ2n) is 6.57. The highest BCUT2D eigenvalue weighted by molar-refractivity contribution is 9.09. The third kappa shape index (κ3) is 5.23. The Bertz CT molecular complexity index is 555. The van der Waals surface area contributed by atoms with Crippen LogP contribution in [-0.4, -0.2) is 40.0 Å². The van der Waals surface area contributed by atoms with Crippen LogP contribution >= 0.6 is 15.9 Å². The molecule has 1 saturated heterocycles. The van der Waals surface area contributed by atoms with Gasteiger partial charge in [-0.25, -0.2) is 9.59 Å². The summed E-state index contributed by atoms with van der Waals surface area (Å²) in [5, 5.41) is 0. The Hall–Kier alpha value is -1.56. The van der Waals surface area contributed by atoms with Crippen molar-refractivity contribution in [1.82, 2.24) is 4.90 Å². The number of amides is 1. The van der Waals surface area contributed by atoms with Crippen molar-refractivity contribution in [3.63, 3.8) is 0 Å². The summed E-state index contributed by atoms with van der Waals surface area (Å²) >= 11 is 3.47. The first-order valence-electron chi connectivity index (χ1n) is 7.60. The summed E-state index contributed by atoms with van der Waals surface area (Å²) in [5.41, 5.74) is 0.318. The van der Waals surface area contributed by atoms with Gasteiger partial charge in [-0.15, -0.1) is 0 Å². The predicted molar refractivity (Wildman–Crippen MR) is 90.3 cm³/mol. The molecule has 0 N–H and O–H groups in total. The molecule has 0 saturated carbocycles. The SMILES string of the molecule is CC(C)(C)OC(=O)N1C[C@@H](Br)C[C@@H]1C(=O)OCc1ccccc1. The average molecular weight is 384 g/mol. The van der Waals surface area contributed by atoms with Crippen molar-refractivity contribution in [3.05, 3.63) is 35.9 Å². The number of esters is 1. The van der Waals surface area contributed by atoms with Gasteiger partial charge < -0.3 is 9.47 Å². The lowest BCUT2D eigenvalue weighted by Crippen LogP contribution is -2.44. The smallest absolute Gasteiger partial charge is 0.411 e. The fraction of sp³-hybridized carbons (Fsp3) is 0.529. The number of halogens is 1. The first-order chi connectivity index (χ1) is 10.8. The number of hydrogen-bond donors (Lipinski definition) is 0. The molecule has 5 nitrogen and oxygen atoms in total. The summed E-state index contributed by atoms with van der Waals surface area (Å²) in [7, 11) is 0. The Morgan fingerprint density at radius 1 is 1.26 bits per heavy atom. The van der Waals surface area contributed by atoms with Crippen LogP contribution in [0.1, 0.15) is 32.8 Å². The normalized spacial score (nSPS) is 21.1. The van der Waals surface area contributed by atoms with Crippen molar-refractivity contribution in [1.29, 1.82) is 0 Å². The number of ether oxygens (including phenoxy) is 2. The van der Waals surface area contributed by atoms with Crippen molar-refractivity contribution in [2.24, 2.45) is 0 Å². The van der Waals surface area contributed by atoms with Gasteiger partial charge >= 0.3 is 12.1 Å². The number of hydrogen-bond acceptors (Lipinski definition) is 4. The maximum Gasteiger partial charge on any atom is 0.411 e. The molecule has 1 aliphatic rings. The van der Waals surface area contributed by atoms with E-state index >= 15 is 0 Å². The Morgan fingerprint density at radius 2 is 1.91 bits per heavy atom. The number of carbonyl (C=O) groups excluding carboxylic acids is 2. The Morgan fingerprint density at radius 3 is 2.52 bits per heavy atom. The minimum absolute atomic E-state index is 0.0595. The molecule has 126 valence electrons. The van der Waals surface area contributed by atoms with Gasteiger partial charge in [-0.3, -0.25) is 4.90 Å². The van der Waals surface area contributed by atoms with Crippen LogP contribution in [0.25, 0.3) is 0 Å². The van der Waals surface area contributed by atoms with Crippen molar-refractivity contribution >= 4 is 28.0 Å². The zero-order chi connectivity index (χ0) is 17.0. The quantitative estimate of drug-likeness (QED) is 0.591. The zero-order valence-electron chi connectivity index (χ0n) is 13.6. The molecular weight excluding hydrogens is 362 g/mol. The van der Waals surface area contributed by atoms with E-state index in [2.05, 4.69) is 15.9 Å². The summed E-state index contributed by atoms with van der Waals surface area (Å²) in [6.45, 7) is 6.03. The Labute approximate surface area is 145 Å². The fourth-order valence-corrected chi connectivity index (χ4v) is 3.02. The van der Waals surface area contributed by atoms with Gasteiger partial charge in [0.2, 0.25) is 0 Å². The second kappa shape index (κ2) is 7.34. The van der Waals surface area contributed by atoms with E-state index in [1.54, 1.807) is 20.8 Å². The number of nitrogens with zero attached hydrogens (tertiary/aromatic N) is 1. The van der Waals surface area contributed by atoms with Gasteiger partial charge in [0, 0.05) is 11.4 Å². The molecule has 23 heavy (non-hydrogen) atoms. The molecule has 1 amide bonds. The van der Waals surface area contributed by atoms with Gasteiger partial charge in [0.25, 0.3) is 0 Å². The van der Waals surface area contributed by atoms with Crippen molar-refractivity contribution in [2.45, 2.75) is 50.3 Å². The highest BCUT2D eigenvalue weighted by atomic mass is 79.9. The molecule has 0 unspecified atom stereocenters. The zero-order valence-corrected chi connectivity index (χ0v) is 15.2. The Kier molecular flexibility index (Phi) is 5.68. The summed E-state index contributed by atoms with van der Waals surface area (Å²) < 4.78 is 10.7. The minimum Gasteiger partial charge on any atom is -0.459 e. The molecule has 1 fully saturated rings. The standard InChI is InChI=1S/C17H22BrNO4/c1-17(2,3)23-16(21)19-10-13(18)9-14(19)15(20)22-11-12-7-5-4-6-8-12/h4-8,13-14H,9-11H2,1-3H3/t13-,14+/m0/s1. The first-order valence-corrected chi connectivity index (χ1v) is 8.52. The lowest BCUT2D eigenvalue weighted by molar-refractivity contribution is -0.150. The van der Waals surface area contributed by atoms with E-state index in [-0.39, 0.29) is 11.4 Å². The van der Waals surface area contributed by atoms with Gasteiger partial charge in [0.1, 0.15) is 18.2 Å². The predicted octanol–water partition coefficient (Wildman–Crippen LogP) is 3.50. The number of carbonyl (C=O) groups is 2. The lowest BCUT2D eigenvalue weighted by Gasteiger charge is -2.27. The summed E-state index contributed by atoms with van der Waals surface area (Å²) in [4.78, 5) is 26.1. The molecule has 1 aliphatic heterocycles. The molecule has 0 aromatic heterocycles. The maximum absolute atomic E-state index is 12.4. The summed E-state index contributed by atoms with van der Waals surface area (Å²) in [6.07, 6.45) is 0.0356. The van der Waals surface area contributed by atoms with Crippen LogP contribution in [0.3, 0.4) is 0 Å². The van der Waals surface area contributed by atoms with Crippen LogP contribution in [0.5, 0.6) is 0 Å².